The summed E-state index contributed by atoms with van der Waals surface area (Å²) < 4.78 is 38.7. The van der Waals surface area contributed by atoms with E-state index in [1.807, 2.05) is 0 Å². The number of carboxylic acid groups (broad SMARTS) is 1. The molecule has 0 aliphatic rings. The van der Waals surface area contributed by atoms with Crippen molar-refractivity contribution in [2.75, 3.05) is 0 Å². The number of aliphatic carboxylic acids is 1. The van der Waals surface area contributed by atoms with Gasteiger partial charge in [0, 0.05) is 5.75 Å². The summed E-state index contributed by atoms with van der Waals surface area (Å²) in [5.74, 6) is -0.923. The third-order valence-electron chi connectivity index (χ3n) is 3.18. The summed E-state index contributed by atoms with van der Waals surface area (Å²) in [4.78, 5) is 26.6. The minimum atomic E-state index is -4.41. The Bertz CT molecular complexity index is 819. The quantitative estimate of drug-likeness (QED) is 0.784. The van der Waals surface area contributed by atoms with E-state index < -0.39 is 29.8 Å². The van der Waals surface area contributed by atoms with Gasteiger partial charge in [-0.25, -0.2) is 4.68 Å². The van der Waals surface area contributed by atoms with Crippen molar-refractivity contribution in [1.82, 2.24) is 14.8 Å². The van der Waals surface area contributed by atoms with Crippen LogP contribution < -0.4 is 5.56 Å². The molecular weight excluding hydrogens is 359 g/mol. The van der Waals surface area contributed by atoms with Crippen LogP contribution >= 0.6 is 11.8 Å². The van der Waals surface area contributed by atoms with Crippen LogP contribution in [0.2, 0.25) is 0 Å². The normalized spacial score (nSPS) is 11.5. The van der Waals surface area contributed by atoms with E-state index in [1.165, 1.54) is 12.1 Å². The van der Waals surface area contributed by atoms with Crippen LogP contribution in [-0.4, -0.2) is 25.8 Å². The molecule has 0 atom stereocenters. The highest BCUT2D eigenvalue weighted by molar-refractivity contribution is 7.98. The molecule has 0 spiro atoms. The first-order chi connectivity index (χ1) is 11.7. The summed E-state index contributed by atoms with van der Waals surface area (Å²) >= 11 is 1.03. The van der Waals surface area contributed by atoms with Gasteiger partial charge in [0.25, 0.3) is 5.56 Å². The maximum atomic E-state index is 12.5. The molecule has 0 saturated carbocycles. The van der Waals surface area contributed by atoms with Crippen LogP contribution in [0.15, 0.2) is 34.2 Å². The number of nitrogens with zero attached hydrogens (tertiary/aromatic N) is 3. The van der Waals surface area contributed by atoms with Crippen molar-refractivity contribution in [2.45, 2.75) is 37.0 Å². The molecule has 0 amide bonds. The topological polar surface area (TPSA) is 85.1 Å². The number of carbonyl (C=O) groups is 1. The Kier molecular flexibility index (Phi) is 5.83. The third-order valence-corrected chi connectivity index (χ3v) is 4.21. The van der Waals surface area contributed by atoms with Crippen molar-refractivity contribution in [3.63, 3.8) is 0 Å². The summed E-state index contributed by atoms with van der Waals surface area (Å²) in [5.41, 5.74) is -0.566. The molecule has 134 valence electrons. The number of hydrogen-bond acceptors (Lipinski definition) is 5. The number of benzene rings is 1. The maximum Gasteiger partial charge on any atom is 0.416 e. The molecule has 1 aromatic carbocycles. The number of carboxylic acids is 1. The standard InChI is InChI=1S/C15H14F3N3O3S/c1-2-11-13(24)19-14(21(20-11)7-12(22)23)25-8-9-3-5-10(6-4-9)15(16,17)18/h3-6H,2,7-8H2,1H3,(H,22,23). The summed E-state index contributed by atoms with van der Waals surface area (Å²) in [6.07, 6.45) is -4.09. The molecule has 25 heavy (non-hydrogen) atoms. The number of alkyl halides is 3. The highest BCUT2D eigenvalue weighted by atomic mass is 32.2. The molecule has 0 saturated heterocycles. The third kappa shape index (κ3) is 5.05. The number of aryl methyl sites for hydroxylation is 1. The highest BCUT2D eigenvalue weighted by Crippen LogP contribution is 2.30. The second-order valence-corrected chi connectivity index (χ2v) is 5.98. The van der Waals surface area contributed by atoms with E-state index in [-0.39, 0.29) is 16.6 Å². The van der Waals surface area contributed by atoms with Gasteiger partial charge in [-0.1, -0.05) is 30.8 Å². The predicted molar refractivity (Wildman–Crippen MR) is 84.3 cm³/mol. The smallest absolute Gasteiger partial charge is 0.416 e. The molecule has 0 bridgehead atoms. The fourth-order valence-corrected chi connectivity index (χ4v) is 2.83. The van der Waals surface area contributed by atoms with E-state index in [2.05, 4.69) is 10.1 Å². The zero-order valence-electron chi connectivity index (χ0n) is 13.1. The van der Waals surface area contributed by atoms with Gasteiger partial charge in [-0.2, -0.15) is 23.3 Å². The van der Waals surface area contributed by atoms with E-state index >= 15 is 0 Å². The Labute approximate surface area is 144 Å². The van der Waals surface area contributed by atoms with Crippen LogP contribution in [0.4, 0.5) is 13.2 Å². The molecule has 2 aromatic rings. The largest absolute Gasteiger partial charge is 0.480 e. The second-order valence-electron chi connectivity index (χ2n) is 5.03. The Morgan fingerprint density at radius 3 is 2.44 bits per heavy atom. The number of aromatic nitrogens is 3. The van der Waals surface area contributed by atoms with Gasteiger partial charge in [0.05, 0.1) is 5.56 Å². The van der Waals surface area contributed by atoms with Gasteiger partial charge in [-0.15, -0.1) is 0 Å². The van der Waals surface area contributed by atoms with Crippen molar-refractivity contribution >= 4 is 17.7 Å². The lowest BCUT2D eigenvalue weighted by Crippen LogP contribution is -2.25. The van der Waals surface area contributed by atoms with Gasteiger partial charge in [-0.05, 0) is 24.1 Å². The van der Waals surface area contributed by atoms with Crippen LogP contribution in [0.25, 0.3) is 0 Å². The van der Waals surface area contributed by atoms with Crippen LogP contribution in [0.3, 0.4) is 0 Å². The number of halogens is 3. The lowest BCUT2D eigenvalue weighted by atomic mass is 10.1. The first-order valence-corrected chi connectivity index (χ1v) is 8.18. The lowest BCUT2D eigenvalue weighted by Gasteiger charge is -2.10. The van der Waals surface area contributed by atoms with Gasteiger partial charge in [0.15, 0.2) is 5.16 Å². The molecule has 2 rings (SSSR count). The van der Waals surface area contributed by atoms with E-state index in [9.17, 15) is 22.8 Å². The molecule has 0 fully saturated rings. The fraction of sp³-hybridized carbons (Fsp3) is 0.333. The molecule has 10 heteroatoms. The van der Waals surface area contributed by atoms with Crippen LogP contribution in [0.5, 0.6) is 0 Å². The highest BCUT2D eigenvalue weighted by Gasteiger charge is 2.29. The summed E-state index contributed by atoms with van der Waals surface area (Å²) in [7, 11) is 0. The Hall–Kier alpha value is -2.36. The molecule has 0 unspecified atom stereocenters. The molecule has 1 N–H and O–H groups in total. The molecule has 6 nitrogen and oxygen atoms in total. The van der Waals surface area contributed by atoms with Crippen LogP contribution in [0.1, 0.15) is 23.7 Å². The zero-order valence-corrected chi connectivity index (χ0v) is 13.9. The first-order valence-electron chi connectivity index (χ1n) is 7.19. The van der Waals surface area contributed by atoms with Crippen molar-refractivity contribution in [1.29, 1.82) is 0 Å². The second kappa shape index (κ2) is 7.68. The fourth-order valence-electron chi connectivity index (χ4n) is 1.94. The monoisotopic (exact) mass is 373 g/mol. The zero-order chi connectivity index (χ0) is 18.6. The van der Waals surface area contributed by atoms with Crippen molar-refractivity contribution in [2.24, 2.45) is 0 Å². The average Bonchev–Trinajstić information content (AvgIpc) is 2.54. The summed E-state index contributed by atoms with van der Waals surface area (Å²) in [5, 5.41) is 13.0. The minimum Gasteiger partial charge on any atom is -0.480 e. The molecule has 1 heterocycles. The molecular formula is C15H14F3N3O3S. The van der Waals surface area contributed by atoms with Crippen molar-refractivity contribution in [3.8, 4) is 0 Å². The van der Waals surface area contributed by atoms with Gasteiger partial charge in [-0.3, -0.25) is 9.59 Å². The van der Waals surface area contributed by atoms with E-state index in [0.717, 1.165) is 28.6 Å². The van der Waals surface area contributed by atoms with Crippen LogP contribution in [-0.2, 0) is 29.7 Å². The molecule has 0 aliphatic carbocycles. The molecule has 0 aliphatic heterocycles. The summed E-state index contributed by atoms with van der Waals surface area (Å²) in [6.45, 7) is 1.24. The SMILES string of the molecule is CCc1nn(CC(=O)O)c(SCc2ccc(C(F)(F)F)cc2)nc1=O. The Morgan fingerprint density at radius 2 is 1.92 bits per heavy atom. The molecule has 0 radical (unpaired) electrons. The average molecular weight is 373 g/mol. The lowest BCUT2D eigenvalue weighted by molar-refractivity contribution is -0.138. The van der Waals surface area contributed by atoms with Gasteiger partial charge in [0.1, 0.15) is 12.2 Å². The van der Waals surface area contributed by atoms with E-state index in [4.69, 9.17) is 5.11 Å². The van der Waals surface area contributed by atoms with Crippen LogP contribution in [0, 0.1) is 0 Å². The van der Waals surface area contributed by atoms with Gasteiger partial charge < -0.3 is 5.11 Å². The summed E-state index contributed by atoms with van der Waals surface area (Å²) in [6, 6.07) is 4.57. The number of rotatable bonds is 6. The van der Waals surface area contributed by atoms with Gasteiger partial charge >= 0.3 is 12.1 Å². The van der Waals surface area contributed by atoms with E-state index in [0.29, 0.717) is 12.0 Å². The first kappa shape index (κ1) is 19.0. The predicted octanol–water partition coefficient (Wildman–Crippen LogP) is 2.60. The van der Waals surface area contributed by atoms with Gasteiger partial charge in [0.2, 0.25) is 0 Å². The Morgan fingerprint density at radius 1 is 1.28 bits per heavy atom. The Balaban J connectivity index is 2.20. The maximum absolute atomic E-state index is 12.5. The van der Waals surface area contributed by atoms with E-state index in [1.54, 1.807) is 6.92 Å². The number of hydrogen-bond donors (Lipinski definition) is 1. The molecule has 1 aromatic heterocycles. The minimum absolute atomic E-state index is 0.101. The van der Waals surface area contributed by atoms with Crippen molar-refractivity contribution < 1.29 is 23.1 Å². The van der Waals surface area contributed by atoms with Crippen molar-refractivity contribution in [3.05, 3.63) is 51.4 Å². The number of thioether (sulfide) groups is 1.